The summed E-state index contributed by atoms with van der Waals surface area (Å²) in [4.78, 5) is 10.9. The van der Waals surface area contributed by atoms with Gasteiger partial charge in [-0.05, 0) is 30.7 Å². The summed E-state index contributed by atoms with van der Waals surface area (Å²) in [5, 5.41) is 0. The van der Waals surface area contributed by atoms with E-state index in [1.807, 2.05) is 0 Å². The molecule has 0 aliphatic rings. The van der Waals surface area contributed by atoms with Gasteiger partial charge in [0.2, 0.25) is 0 Å². The maximum atomic E-state index is 13.6. The number of primary amides is 1. The van der Waals surface area contributed by atoms with Gasteiger partial charge in [-0.2, -0.15) is 0 Å². The number of amides is 1. The van der Waals surface area contributed by atoms with E-state index in [1.165, 1.54) is 18.2 Å². The molecule has 0 spiro atoms. The van der Waals surface area contributed by atoms with Crippen molar-refractivity contribution in [2.75, 3.05) is 5.73 Å². The molecule has 0 heterocycles. The fraction of sp³-hybridized carbons (Fsp3) is 0.0714. The van der Waals surface area contributed by atoms with Crippen LogP contribution in [0.25, 0.3) is 0 Å². The zero-order valence-corrected chi connectivity index (χ0v) is 10.6. The molecule has 6 heteroatoms. The van der Waals surface area contributed by atoms with E-state index in [-0.39, 0.29) is 22.7 Å². The number of carbonyl (C=O) groups is 1. The molecule has 0 saturated heterocycles. The number of nitrogen functional groups attached to an aromatic ring is 1. The summed E-state index contributed by atoms with van der Waals surface area (Å²) in [6.45, 7) is 1.55. The fourth-order valence-corrected chi connectivity index (χ4v) is 1.64. The van der Waals surface area contributed by atoms with Crippen LogP contribution < -0.4 is 16.2 Å². The Hall–Kier alpha value is -2.63. The van der Waals surface area contributed by atoms with Crippen molar-refractivity contribution in [3.05, 3.63) is 53.1 Å². The average Bonchev–Trinajstić information content (AvgIpc) is 2.35. The van der Waals surface area contributed by atoms with Crippen LogP contribution in [0.1, 0.15) is 15.9 Å². The molecule has 104 valence electrons. The van der Waals surface area contributed by atoms with Gasteiger partial charge in [0.05, 0.1) is 11.3 Å². The van der Waals surface area contributed by atoms with Crippen LogP contribution >= 0.6 is 0 Å². The van der Waals surface area contributed by atoms with Crippen LogP contribution in [0, 0.1) is 18.6 Å². The predicted molar refractivity (Wildman–Crippen MR) is 70.5 cm³/mol. The third-order valence-corrected chi connectivity index (χ3v) is 2.72. The Bertz CT molecular complexity index is 687. The highest BCUT2D eigenvalue weighted by atomic mass is 19.1. The highest BCUT2D eigenvalue weighted by molar-refractivity contribution is 5.93. The molecule has 0 fully saturated rings. The van der Waals surface area contributed by atoms with Crippen molar-refractivity contribution in [3.63, 3.8) is 0 Å². The van der Waals surface area contributed by atoms with Crippen LogP contribution in [0.15, 0.2) is 30.3 Å². The summed E-state index contributed by atoms with van der Waals surface area (Å²) >= 11 is 0. The molecule has 2 aromatic rings. The maximum absolute atomic E-state index is 13.6. The summed E-state index contributed by atoms with van der Waals surface area (Å²) in [5.41, 5.74) is 10.8. The van der Waals surface area contributed by atoms with Gasteiger partial charge in [-0.25, -0.2) is 8.78 Å². The topological polar surface area (TPSA) is 78.3 Å². The molecule has 0 bridgehead atoms. The molecule has 4 nitrogen and oxygen atoms in total. The lowest BCUT2D eigenvalue weighted by molar-refractivity contribution is 0.0996. The molecule has 20 heavy (non-hydrogen) atoms. The smallest absolute Gasteiger partial charge is 0.251 e. The summed E-state index contributed by atoms with van der Waals surface area (Å²) in [6, 6.07) is 6.13. The Balaban J connectivity index is 2.33. The summed E-state index contributed by atoms with van der Waals surface area (Å²) in [5.74, 6) is -1.79. The third-order valence-electron chi connectivity index (χ3n) is 2.72. The van der Waals surface area contributed by atoms with Crippen molar-refractivity contribution in [1.82, 2.24) is 0 Å². The van der Waals surface area contributed by atoms with Crippen molar-refractivity contribution in [3.8, 4) is 11.5 Å². The number of halogens is 2. The first kappa shape index (κ1) is 13.8. The number of benzene rings is 2. The number of anilines is 1. The molecule has 2 rings (SSSR count). The number of nitrogens with two attached hydrogens (primary N) is 2. The number of hydrogen-bond acceptors (Lipinski definition) is 3. The minimum Gasteiger partial charge on any atom is -0.455 e. The van der Waals surface area contributed by atoms with E-state index in [0.717, 1.165) is 12.1 Å². The van der Waals surface area contributed by atoms with Crippen LogP contribution in [0.3, 0.4) is 0 Å². The predicted octanol–water partition coefficient (Wildman–Crippen LogP) is 2.75. The van der Waals surface area contributed by atoms with Gasteiger partial charge in [0, 0.05) is 12.1 Å². The molecule has 0 saturated carbocycles. The summed E-state index contributed by atoms with van der Waals surface area (Å²) < 4.78 is 32.2. The summed E-state index contributed by atoms with van der Waals surface area (Å²) in [7, 11) is 0. The first-order valence-corrected chi connectivity index (χ1v) is 5.71. The van der Waals surface area contributed by atoms with E-state index in [1.54, 1.807) is 6.92 Å². The molecule has 0 aromatic heterocycles. The second-order valence-electron chi connectivity index (χ2n) is 4.25. The van der Waals surface area contributed by atoms with E-state index < -0.39 is 17.5 Å². The maximum Gasteiger partial charge on any atom is 0.251 e. The second-order valence-corrected chi connectivity index (χ2v) is 4.25. The monoisotopic (exact) mass is 278 g/mol. The normalized spacial score (nSPS) is 10.3. The lowest BCUT2D eigenvalue weighted by Gasteiger charge is -2.10. The summed E-state index contributed by atoms with van der Waals surface area (Å²) in [6.07, 6.45) is 0. The minimum atomic E-state index is -0.869. The highest BCUT2D eigenvalue weighted by Crippen LogP contribution is 2.30. The zero-order valence-electron chi connectivity index (χ0n) is 10.6. The average molecular weight is 278 g/mol. The van der Waals surface area contributed by atoms with Crippen LogP contribution in [-0.2, 0) is 0 Å². The van der Waals surface area contributed by atoms with Crippen molar-refractivity contribution >= 4 is 11.6 Å². The number of aryl methyl sites for hydroxylation is 1. The van der Waals surface area contributed by atoms with Crippen LogP contribution in [0.2, 0.25) is 0 Å². The van der Waals surface area contributed by atoms with Gasteiger partial charge in [0.1, 0.15) is 17.4 Å². The van der Waals surface area contributed by atoms with Crippen LogP contribution in [-0.4, -0.2) is 5.91 Å². The van der Waals surface area contributed by atoms with Crippen LogP contribution in [0.5, 0.6) is 11.5 Å². The first-order chi connectivity index (χ1) is 9.38. The van der Waals surface area contributed by atoms with Crippen molar-refractivity contribution in [2.24, 2.45) is 5.73 Å². The highest BCUT2D eigenvalue weighted by Gasteiger charge is 2.11. The Morgan fingerprint density at radius 3 is 2.45 bits per heavy atom. The van der Waals surface area contributed by atoms with E-state index in [2.05, 4.69) is 0 Å². The molecule has 2 aromatic carbocycles. The Labute approximate surface area is 114 Å². The minimum absolute atomic E-state index is 0.0903. The molecular weight excluding hydrogens is 266 g/mol. The quantitative estimate of drug-likeness (QED) is 0.847. The van der Waals surface area contributed by atoms with Crippen molar-refractivity contribution in [1.29, 1.82) is 0 Å². The molecular formula is C14H12F2N2O2. The van der Waals surface area contributed by atoms with Gasteiger partial charge in [0.15, 0.2) is 5.75 Å². The van der Waals surface area contributed by atoms with Gasteiger partial charge in [0.25, 0.3) is 5.91 Å². The standard InChI is InChI=1S/C14H12F2N2O2/c1-7-4-13(12(17)6-10(7)15)20-8-2-3-9(14(18)19)11(16)5-8/h2-6H,17H2,1H3,(H2,18,19). The lowest BCUT2D eigenvalue weighted by atomic mass is 10.2. The molecule has 4 N–H and O–H groups in total. The number of ether oxygens (including phenoxy) is 1. The van der Waals surface area contributed by atoms with E-state index in [4.69, 9.17) is 16.2 Å². The number of carbonyl (C=O) groups excluding carboxylic acids is 1. The molecule has 0 aliphatic heterocycles. The fourth-order valence-electron chi connectivity index (χ4n) is 1.64. The molecule has 0 radical (unpaired) electrons. The lowest BCUT2D eigenvalue weighted by Crippen LogP contribution is -2.12. The van der Waals surface area contributed by atoms with Gasteiger partial charge < -0.3 is 16.2 Å². The molecule has 0 unspecified atom stereocenters. The van der Waals surface area contributed by atoms with Crippen LogP contribution in [0.4, 0.5) is 14.5 Å². The van der Waals surface area contributed by atoms with Gasteiger partial charge in [-0.3, -0.25) is 4.79 Å². The molecule has 1 amide bonds. The number of rotatable bonds is 3. The van der Waals surface area contributed by atoms with Crippen molar-refractivity contribution in [2.45, 2.75) is 6.92 Å². The Morgan fingerprint density at radius 2 is 1.85 bits per heavy atom. The number of hydrogen-bond donors (Lipinski definition) is 2. The third kappa shape index (κ3) is 2.69. The van der Waals surface area contributed by atoms with Crippen molar-refractivity contribution < 1.29 is 18.3 Å². The largest absolute Gasteiger partial charge is 0.455 e. The Kier molecular flexibility index (Phi) is 3.56. The van der Waals surface area contributed by atoms with Gasteiger partial charge in [-0.15, -0.1) is 0 Å². The van der Waals surface area contributed by atoms with Gasteiger partial charge >= 0.3 is 0 Å². The first-order valence-electron chi connectivity index (χ1n) is 5.71. The Morgan fingerprint density at radius 1 is 1.15 bits per heavy atom. The van der Waals surface area contributed by atoms with E-state index >= 15 is 0 Å². The molecule has 0 aliphatic carbocycles. The SMILES string of the molecule is Cc1cc(Oc2ccc(C(N)=O)c(F)c2)c(N)cc1F. The van der Waals surface area contributed by atoms with E-state index in [0.29, 0.717) is 5.56 Å². The molecule has 0 atom stereocenters. The second kappa shape index (κ2) is 5.16. The zero-order chi connectivity index (χ0) is 14.9. The van der Waals surface area contributed by atoms with Gasteiger partial charge in [-0.1, -0.05) is 0 Å². The van der Waals surface area contributed by atoms with E-state index in [9.17, 15) is 13.6 Å².